The first-order chi connectivity index (χ1) is 13.6. The van der Waals surface area contributed by atoms with Crippen LogP contribution in [0, 0.1) is 11.6 Å². The number of aromatic hydroxyl groups is 1. The van der Waals surface area contributed by atoms with Crippen molar-refractivity contribution in [2.45, 2.75) is 0 Å². The average molecular weight is 443 g/mol. The van der Waals surface area contributed by atoms with E-state index in [0.29, 0.717) is 42.1 Å². The maximum Gasteiger partial charge on any atom is 0.211 e. The molecule has 0 saturated carbocycles. The van der Waals surface area contributed by atoms with E-state index < -0.39 is 27.4 Å². The van der Waals surface area contributed by atoms with Crippen LogP contribution in [0.5, 0.6) is 5.75 Å². The molecule has 0 spiro atoms. The number of phenolic OH excluding ortho intramolecular Hbond substituents is 1. The zero-order chi connectivity index (χ0) is 20.9. The zero-order valence-corrected chi connectivity index (χ0v) is 16.9. The van der Waals surface area contributed by atoms with E-state index in [1.807, 2.05) is 11.0 Å². The van der Waals surface area contributed by atoms with Crippen molar-refractivity contribution >= 4 is 38.2 Å². The van der Waals surface area contributed by atoms with E-state index in [-0.39, 0.29) is 5.69 Å². The fourth-order valence-electron chi connectivity index (χ4n) is 3.43. The second kappa shape index (κ2) is 7.12. The van der Waals surface area contributed by atoms with E-state index >= 15 is 0 Å². The molecule has 1 N–H and O–H groups in total. The van der Waals surface area contributed by atoms with Gasteiger partial charge in [0.15, 0.2) is 17.4 Å². The molecule has 3 aromatic rings. The van der Waals surface area contributed by atoms with Gasteiger partial charge in [-0.25, -0.2) is 17.5 Å². The predicted molar refractivity (Wildman–Crippen MR) is 106 cm³/mol. The lowest BCUT2D eigenvalue weighted by molar-refractivity contribution is 0.388. The Balaban J connectivity index is 1.68. The number of aromatic nitrogens is 2. The van der Waals surface area contributed by atoms with Crippen LogP contribution in [0.3, 0.4) is 0 Å². The topological polar surface area (TPSA) is 78.7 Å². The Bertz CT molecular complexity index is 1180. The molecule has 0 radical (unpaired) electrons. The molecular formula is C18H17ClF2N4O3S. The van der Waals surface area contributed by atoms with Gasteiger partial charge in [0.25, 0.3) is 0 Å². The summed E-state index contributed by atoms with van der Waals surface area (Å²) in [4.78, 5) is 1.99. The van der Waals surface area contributed by atoms with Gasteiger partial charge in [0.05, 0.1) is 34.4 Å². The third-order valence-corrected chi connectivity index (χ3v) is 6.53. The van der Waals surface area contributed by atoms with Crippen molar-refractivity contribution in [1.82, 2.24) is 14.1 Å². The average Bonchev–Trinajstić information content (AvgIpc) is 3.07. The Morgan fingerprint density at radius 2 is 1.79 bits per heavy atom. The Morgan fingerprint density at radius 3 is 2.41 bits per heavy atom. The van der Waals surface area contributed by atoms with Gasteiger partial charge >= 0.3 is 0 Å². The van der Waals surface area contributed by atoms with E-state index in [1.165, 1.54) is 15.2 Å². The maximum atomic E-state index is 13.7. The van der Waals surface area contributed by atoms with Crippen LogP contribution in [0.1, 0.15) is 0 Å². The number of anilines is 1. The molecule has 2 heterocycles. The minimum Gasteiger partial charge on any atom is -0.505 e. The largest absolute Gasteiger partial charge is 0.505 e. The summed E-state index contributed by atoms with van der Waals surface area (Å²) < 4.78 is 53.2. The van der Waals surface area contributed by atoms with Crippen LogP contribution in [-0.2, 0) is 10.0 Å². The molecular weight excluding hydrogens is 426 g/mol. The Kier molecular flexibility index (Phi) is 4.88. The van der Waals surface area contributed by atoms with Crippen LogP contribution in [-0.4, -0.2) is 60.0 Å². The van der Waals surface area contributed by atoms with Crippen molar-refractivity contribution in [3.63, 3.8) is 0 Å². The molecule has 2 aromatic carbocycles. The highest BCUT2D eigenvalue weighted by Crippen LogP contribution is 2.33. The summed E-state index contributed by atoms with van der Waals surface area (Å²) in [6.45, 7) is 1.70. The third kappa shape index (κ3) is 3.63. The highest BCUT2D eigenvalue weighted by atomic mass is 35.5. The number of rotatable bonds is 3. The van der Waals surface area contributed by atoms with Crippen LogP contribution in [0.4, 0.5) is 14.5 Å². The highest BCUT2D eigenvalue weighted by Gasteiger charge is 2.25. The van der Waals surface area contributed by atoms with Crippen molar-refractivity contribution < 1.29 is 22.3 Å². The van der Waals surface area contributed by atoms with Crippen LogP contribution >= 0.6 is 11.6 Å². The quantitative estimate of drug-likeness (QED) is 0.674. The molecule has 1 fully saturated rings. The van der Waals surface area contributed by atoms with Gasteiger partial charge in [0, 0.05) is 43.7 Å². The van der Waals surface area contributed by atoms with Gasteiger partial charge in [-0.2, -0.15) is 13.8 Å². The van der Waals surface area contributed by atoms with Crippen LogP contribution in [0.2, 0.25) is 5.02 Å². The first-order valence-corrected chi connectivity index (χ1v) is 10.9. The van der Waals surface area contributed by atoms with Gasteiger partial charge < -0.3 is 10.0 Å². The van der Waals surface area contributed by atoms with E-state index in [4.69, 9.17) is 11.6 Å². The van der Waals surface area contributed by atoms with E-state index in [9.17, 15) is 22.3 Å². The van der Waals surface area contributed by atoms with Gasteiger partial charge in [0.1, 0.15) is 0 Å². The normalized spacial score (nSPS) is 15.9. The smallest absolute Gasteiger partial charge is 0.211 e. The number of hydrogen-bond donors (Lipinski definition) is 1. The highest BCUT2D eigenvalue weighted by molar-refractivity contribution is 7.88. The molecule has 0 amide bonds. The molecule has 154 valence electrons. The van der Waals surface area contributed by atoms with Gasteiger partial charge in [-0.05, 0) is 12.1 Å². The molecule has 4 rings (SSSR count). The number of phenols is 1. The summed E-state index contributed by atoms with van der Waals surface area (Å²) in [5, 5.41) is 14.9. The SMILES string of the molecule is CS(=O)(=O)N1CCN(c2cc3cnn(-c4cc(O)c(F)c(F)c4)c3cc2Cl)CC1. The second-order valence-corrected chi connectivity index (χ2v) is 9.22. The summed E-state index contributed by atoms with van der Waals surface area (Å²) in [7, 11) is -3.23. The van der Waals surface area contributed by atoms with Gasteiger partial charge in [-0.1, -0.05) is 11.6 Å². The van der Waals surface area contributed by atoms with Crippen molar-refractivity contribution in [2.75, 3.05) is 37.3 Å². The van der Waals surface area contributed by atoms with Crippen LogP contribution < -0.4 is 4.90 Å². The molecule has 1 aromatic heterocycles. The number of nitrogens with zero attached hydrogens (tertiary/aromatic N) is 4. The van der Waals surface area contributed by atoms with Gasteiger partial charge in [-0.3, -0.25) is 0 Å². The molecule has 0 atom stereocenters. The molecule has 1 aliphatic heterocycles. The lowest BCUT2D eigenvalue weighted by Crippen LogP contribution is -2.48. The molecule has 0 bridgehead atoms. The number of benzene rings is 2. The fraction of sp³-hybridized carbons (Fsp3) is 0.278. The predicted octanol–water partition coefficient (Wildman–Crippen LogP) is 2.74. The first kappa shape index (κ1) is 19.9. The standard InChI is InChI=1S/C18H17ClF2N4O3S/c1-29(27,28)24-4-2-23(3-5-24)16-6-11-10-22-25(15(11)9-13(16)19)12-7-14(20)18(21)17(26)8-12/h6-10,26H,2-5H2,1H3. The lowest BCUT2D eigenvalue weighted by Gasteiger charge is -2.35. The van der Waals surface area contributed by atoms with E-state index in [2.05, 4.69) is 5.10 Å². The molecule has 0 unspecified atom stereocenters. The van der Waals surface area contributed by atoms with E-state index in [0.717, 1.165) is 17.8 Å². The molecule has 1 saturated heterocycles. The van der Waals surface area contributed by atoms with Crippen molar-refractivity contribution in [2.24, 2.45) is 0 Å². The minimum atomic E-state index is -3.23. The summed E-state index contributed by atoms with van der Waals surface area (Å²) in [6, 6.07) is 5.49. The fourth-order valence-corrected chi connectivity index (χ4v) is 4.53. The van der Waals surface area contributed by atoms with Crippen LogP contribution in [0.15, 0.2) is 30.5 Å². The molecule has 11 heteroatoms. The monoisotopic (exact) mass is 442 g/mol. The van der Waals surface area contributed by atoms with Crippen molar-refractivity contribution in [3.8, 4) is 11.4 Å². The number of sulfonamides is 1. The minimum absolute atomic E-state index is 0.155. The maximum absolute atomic E-state index is 13.7. The number of fused-ring (bicyclic) bond motifs is 1. The molecule has 29 heavy (non-hydrogen) atoms. The summed E-state index contributed by atoms with van der Waals surface area (Å²) >= 11 is 6.47. The second-order valence-electron chi connectivity index (χ2n) is 6.83. The summed E-state index contributed by atoms with van der Waals surface area (Å²) in [5.41, 5.74) is 1.45. The molecule has 0 aliphatic carbocycles. The van der Waals surface area contributed by atoms with E-state index in [1.54, 1.807) is 12.3 Å². The first-order valence-electron chi connectivity index (χ1n) is 8.71. The van der Waals surface area contributed by atoms with Gasteiger partial charge in [0.2, 0.25) is 10.0 Å². The summed E-state index contributed by atoms with van der Waals surface area (Å²) in [5.74, 6) is -3.32. The summed E-state index contributed by atoms with van der Waals surface area (Å²) in [6.07, 6.45) is 2.74. The number of hydrogen-bond acceptors (Lipinski definition) is 5. The molecule has 1 aliphatic rings. The lowest BCUT2D eigenvalue weighted by atomic mass is 10.2. The van der Waals surface area contributed by atoms with Crippen molar-refractivity contribution in [3.05, 3.63) is 47.1 Å². The Hall–Kier alpha value is -2.43. The van der Waals surface area contributed by atoms with Crippen LogP contribution in [0.25, 0.3) is 16.6 Å². The third-order valence-electron chi connectivity index (χ3n) is 4.92. The van der Waals surface area contributed by atoms with Gasteiger partial charge in [-0.15, -0.1) is 0 Å². The Labute approximate surface area is 170 Å². The Morgan fingerprint density at radius 1 is 1.10 bits per heavy atom. The van der Waals surface area contributed by atoms with Crippen molar-refractivity contribution in [1.29, 1.82) is 0 Å². The number of piperazine rings is 1. The molecule has 7 nitrogen and oxygen atoms in total. The number of halogens is 3. The zero-order valence-electron chi connectivity index (χ0n) is 15.3.